The van der Waals surface area contributed by atoms with Gasteiger partial charge >= 0.3 is 5.97 Å². The number of amides is 1. The van der Waals surface area contributed by atoms with E-state index in [0.717, 1.165) is 10.6 Å². The summed E-state index contributed by atoms with van der Waals surface area (Å²) in [4.78, 5) is 23.0. The number of aromatic carboxylic acids is 1. The van der Waals surface area contributed by atoms with E-state index in [9.17, 15) is 9.59 Å². The van der Waals surface area contributed by atoms with Crippen molar-refractivity contribution in [3.63, 3.8) is 0 Å². The highest BCUT2D eigenvalue weighted by Gasteiger charge is 2.10. The number of hydrogen-bond acceptors (Lipinski definition) is 4. The summed E-state index contributed by atoms with van der Waals surface area (Å²) in [5.74, 6) is -1.39. The Morgan fingerprint density at radius 2 is 2.15 bits per heavy atom. The van der Waals surface area contributed by atoms with Crippen molar-refractivity contribution in [3.8, 4) is 0 Å². The summed E-state index contributed by atoms with van der Waals surface area (Å²) in [5.41, 5.74) is 7.41. The van der Waals surface area contributed by atoms with Crippen LogP contribution < -0.4 is 11.1 Å². The van der Waals surface area contributed by atoms with Gasteiger partial charge < -0.3 is 16.2 Å². The molecule has 0 saturated carbocycles. The van der Waals surface area contributed by atoms with Crippen LogP contribution in [0.5, 0.6) is 0 Å². The molecule has 5 nitrogen and oxygen atoms in total. The number of benzene rings is 1. The summed E-state index contributed by atoms with van der Waals surface area (Å²) in [6.45, 7) is 2.27. The van der Waals surface area contributed by atoms with Gasteiger partial charge in [0.25, 0.3) is 0 Å². The molecule has 104 valence electrons. The molecule has 2 aromatic rings. The molecule has 0 aliphatic carbocycles. The Morgan fingerprint density at radius 1 is 1.40 bits per heavy atom. The average Bonchev–Trinajstić information content (AvgIpc) is 2.86. The summed E-state index contributed by atoms with van der Waals surface area (Å²) in [5, 5.41) is 13.9. The van der Waals surface area contributed by atoms with E-state index in [1.165, 1.54) is 11.3 Å². The largest absolute Gasteiger partial charge is 0.478 e. The number of carboxylic acids is 1. The second-order valence-corrected chi connectivity index (χ2v) is 5.30. The van der Waals surface area contributed by atoms with Crippen molar-refractivity contribution in [1.29, 1.82) is 0 Å². The van der Waals surface area contributed by atoms with Crippen LogP contribution in [0.1, 0.15) is 31.2 Å². The van der Waals surface area contributed by atoms with Gasteiger partial charge in [-0.15, -0.1) is 11.3 Å². The lowest BCUT2D eigenvalue weighted by Crippen LogP contribution is -2.09. The van der Waals surface area contributed by atoms with E-state index in [1.54, 1.807) is 30.5 Å². The third-order valence-corrected chi connectivity index (χ3v) is 3.89. The van der Waals surface area contributed by atoms with Crippen LogP contribution >= 0.6 is 11.3 Å². The van der Waals surface area contributed by atoms with Gasteiger partial charge in [0, 0.05) is 22.5 Å². The van der Waals surface area contributed by atoms with Crippen LogP contribution in [0.15, 0.2) is 29.6 Å². The number of carbonyl (C=O) groups excluding carboxylic acids is 1. The SMILES string of the molecule is Cc1c(NCc2cc(C(N)=O)cs2)cccc1C(=O)O. The zero-order chi connectivity index (χ0) is 14.7. The van der Waals surface area contributed by atoms with Gasteiger partial charge in [-0.1, -0.05) is 6.07 Å². The van der Waals surface area contributed by atoms with Crippen LogP contribution in [-0.2, 0) is 6.54 Å². The molecule has 20 heavy (non-hydrogen) atoms. The van der Waals surface area contributed by atoms with Gasteiger partial charge in [-0.25, -0.2) is 4.79 Å². The Kier molecular flexibility index (Phi) is 4.05. The van der Waals surface area contributed by atoms with E-state index in [1.807, 2.05) is 6.07 Å². The second kappa shape index (κ2) is 5.75. The molecule has 1 aromatic heterocycles. The maximum Gasteiger partial charge on any atom is 0.336 e. The molecule has 0 unspecified atom stereocenters. The Morgan fingerprint density at radius 3 is 2.75 bits per heavy atom. The van der Waals surface area contributed by atoms with Gasteiger partial charge in [0.1, 0.15) is 0 Å². The number of carboxylic acid groups (broad SMARTS) is 1. The highest BCUT2D eigenvalue weighted by molar-refractivity contribution is 7.10. The smallest absolute Gasteiger partial charge is 0.336 e. The second-order valence-electron chi connectivity index (χ2n) is 4.30. The summed E-state index contributed by atoms with van der Waals surface area (Å²) in [6.07, 6.45) is 0. The van der Waals surface area contributed by atoms with Crippen LogP contribution in [0.4, 0.5) is 5.69 Å². The first-order valence-electron chi connectivity index (χ1n) is 5.93. The molecule has 1 heterocycles. The van der Waals surface area contributed by atoms with Gasteiger partial charge in [-0.05, 0) is 30.7 Å². The molecule has 0 aliphatic rings. The standard InChI is InChI=1S/C14H14N2O3S/c1-8-11(14(18)19)3-2-4-12(8)16-6-10-5-9(7-20-10)13(15)17/h2-5,7,16H,6H2,1H3,(H2,15,17)(H,18,19). The van der Waals surface area contributed by atoms with Crippen molar-refractivity contribution in [3.05, 3.63) is 51.2 Å². The molecule has 1 amide bonds. The van der Waals surface area contributed by atoms with Crippen LogP contribution in [0.25, 0.3) is 0 Å². The lowest BCUT2D eigenvalue weighted by atomic mass is 10.1. The van der Waals surface area contributed by atoms with Crippen molar-refractivity contribution in [2.24, 2.45) is 5.73 Å². The lowest BCUT2D eigenvalue weighted by Gasteiger charge is -2.10. The first kappa shape index (κ1) is 14.1. The minimum atomic E-state index is -0.946. The van der Waals surface area contributed by atoms with Crippen LogP contribution in [0, 0.1) is 6.92 Å². The van der Waals surface area contributed by atoms with E-state index in [2.05, 4.69) is 5.32 Å². The highest BCUT2D eigenvalue weighted by atomic mass is 32.1. The predicted molar refractivity (Wildman–Crippen MR) is 78.3 cm³/mol. The van der Waals surface area contributed by atoms with Gasteiger partial charge in [-0.2, -0.15) is 0 Å². The van der Waals surface area contributed by atoms with Crippen molar-refractivity contribution >= 4 is 28.9 Å². The van der Waals surface area contributed by atoms with Crippen molar-refractivity contribution < 1.29 is 14.7 Å². The molecule has 0 saturated heterocycles. The average molecular weight is 290 g/mol. The summed E-state index contributed by atoms with van der Waals surface area (Å²) >= 11 is 1.43. The van der Waals surface area contributed by atoms with Gasteiger partial charge in [0.15, 0.2) is 0 Å². The number of anilines is 1. The van der Waals surface area contributed by atoms with Gasteiger partial charge in [-0.3, -0.25) is 4.79 Å². The molecule has 1 aromatic carbocycles. The Hall–Kier alpha value is -2.34. The topological polar surface area (TPSA) is 92.4 Å². The van der Waals surface area contributed by atoms with E-state index in [-0.39, 0.29) is 5.56 Å². The minimum Gasteiger partial charge on any atom is -0.478 e. The summed E-state index contributed by atoms with van der Waals surface area (Å²) < 4.78 is 0. The number of thiophene rings is 1. The molecule has 0 atom stereocenters. The maximum atomic E-state index is 11.0. The molecular formula is C14H14N2O3S. The van der Waals surface area contributed by atoms with Gasteiger partial charge in [0.05, 0.1) is 11.1 Å². The number of primary amides is 1. The van der Waals surface area contributed by atoms with Crippen LogP contribution in [0.3, 0.4) is 0 Å². The number of rotatable bonds is 5. The quantitative estimate of drug-likeness (QED) is 0.788. The Labute approximate surface area is 120 Å². The van der Waals surface area contributed by atoms with E-state index in [0.29, 0.717) is 17.7 Å². The Balaban J connectivity index is 2.12. The molecule has 0 fully saturated rings. The fraction of sp³-hybridized carbons (Fsp3) is 0.143. The molecule has 0 aliphatic heterocycles. The summed E-state index contributed by atoms with van der Waals surface area (Å²) in [6, 6.07) is 6.82. The first-order chi connectivity index (χ1) is 9.49. The zero-order valence-electron chi connectivity index (χ0n) is 10.8. The zero-order valence-corrected chi connectivity index (χ0v) is 11.7. The molecule has 6 heteroatoms. The van der Waals surface area contributed by atoms with Crippen LogP contribution in [0.2, 0.25) is 0 Å². The summed E-state index contributed by atoms with van der Waals surface area (Å²) in [7, 11) is 0. The fourth-order valence-electron chi connectivity index (χ4n) is 1.84. The first-order valence-corrected chi connectivity index (χ1v) is 6.81. The maximum absolute atomic E-state index is 11.0. The third-order valence-electron chi connectivity index (χ3n) is 2.96. The van der Waals surface area contributed by atoms with E-state index in [4.69, 9.17) is 10.8 Å². The number of nitrogens with one attached hydrogen (secondary N) is 1. The van der Waals surface area contributed by atoms with Crippen molar-refractivity contribution in [2.75, 3.05) is 5.32 Å². The molecule has 0 bridgehead atoms. The normalized spacial score (nSPS) is 10.2. The lowest BCUT2D eigenvalue weighted by molar-refractivity contribution is 0.0696. The van der Waals surface area contributed by atoms with E-state index >= 15 is 0 Å². The minimum absolute atomic E-state index is 0.277. The van der Waals surface area contributed by atoms with Crippen molar-refractivity contribution in [1.82, 2.24) is 0 Å². The molecular weight excluding hydrogens is 276 g/mol. The third kappa shape index (κ3) is 2.97. The number of hydrogen-bond donors (Lipinski definition) is 3. The van der Waals surface area contributed by atoms with E-state index < -0.39 is 11.9 Å². The number of nitrogens with two attached hydrogens (primary N) is 1. The van der Waals surface area contributed by atoms with Crippen molar-refractivity contribution in [2.45, 2.75) is 13.5 Å². The van der Waals surface area contributed by atoms with Gasteiger partial charge in [0.2, 0.25) is 5.91 Å². The fourth-order valence-corrected chi connectivity index (χ4v) is 2.66. The molecule has 2 rings (SSSR count). The van der Waals surface area contributed by atoms with Crippen LogP contribution in [-0.4, -0.2) is 17.0 Å². The molecule has 4 N–H and O–H groups in total. The number of carbonyl (C=O) groups is 2. The predicted octanol–water partition coefficient (Wildman–Crippen LogP) is 2.47. The Bertz CT molecular complexity index is 664. The molecule has 0 radical (unpaired) electrons. The molecule has 0 spiro atoms. The monoisotopic (exact) mass is 290 g/mol. The highest BCUT2D eigenvalue weighted by Crippen LogP contribution is 2.21.